The van der Waals surface area contributed by atoms with E-state index in [0.29, 0.717) is 23.0 Å². The van der Waals surface area contributed by atoms with Gasteiger partial charge in [-0.3, -0.25) is 9.80 Å². The van der Waals surface area contributed by atoms with Crippen LogP contribution in [0.5, 0.6) is 11.8 Å². The van der Waals surface area contributed by atoms with Crippen molar-refractivity contribution in [1.29, 1.82) is 5.26 Å². The van der Waals surface area contributed by atoms with Crippen molar-refractivity contribution in [2.75, 3.05) is 43.2 Å². The van der Waals surface area contributed by atoms with Gasteiger partial charge in [0.15, 0.2) is 17.4 Å². The Bertz CT molecular complexity index is 2190. The van der Waals surface area contributed by atoms with Crippen LogP contribution in [0.2, 0.25) is 5.02 Å². The minimum Gasteiger partial charge on any atom is -0.489 e. The van der Waals surface area contributed by atoms with Crippen molar-refractivity contribution < 1.29 is 31.4 Å². The Morgan fingerprint density at radius 2 is 2.00 bits per heavy atom. The number of pyridine rings is 1. The molecule has 3 aliphatic rings. The SMILES string of the molecule is COc1nc2c3c(c(Cl)c(-c4ccc(F)c5sc(N)c(C#N)c45)c(F)c3n1)OCC(Cc1ccnc(N)c1)N2C(F)F.FC1CC2CCCN2C1. The Balaban J connectivity index is 0.000000389. The maximum Gasteiger partial charge on any atom is 0.318 e. The van der Waals surface area contributed by atoms with Crippen molar-refractivity contribution in [2.24, 2.45) is 0 Å². The van der Waals surface area contributed by atoms with Crippen molar-refractivity contribution in [3.63, 3.8) is 0 Å². The molecule has 0 saturated carbocycles. The third-order valence-corrected chi connectivity index (χ3v) is 10.8. The fourth-order valence-electron chi connectivity index (χ4n) is 7.16. The van der Waals surface area contributed by atoms with Gasteiger partial charge in [0, 0.05) is 29.7 Å². The number of halogens is 6. The standard InChI is InChI=1S/C27H18ClF4N7O2S.C7H12FN/c1-40-27-37-21-18-22(41-9-11(39(26(31)32)25(18)38-27)6-10-4-5-36-15(34)7-10)19(28)17(20(21)30)12-2-3-14(29)23-16(12)13(8-33)24(35)42-23;8-6-4-7-2-1-3-9(7)5-6/h2-5,7,11,26H,6,9,35H2,1H3,(H2,34,36);6-7H,1-5H2. The van der Waals surface area contributed by atoms with Gasteiger partial charge in [-0.25, -0.2) is 18.2 Å². The number of hydrogen-bond donors (Lipinski definition) is 2. The van der Waals surface area contributed by atoms with E-state index in [0.717, 1.165) is 30.4 Å². The molecule has 0 radical (unpaired) electrons. The van der Waals surface area contributed by atoms with Crippen LogP contribution in [-0.2, 0) is 6.42 Å². The van der Waals surface area contributed by atoms with Crippen molar-refractivity contribution in [3.05, 3.63) is 58.2 Å². The summed E-state index contributed by atoms with van der Waals surface area (Å²) in [6, 6.07) is 6.64. The molecule has 3 aliphatic heterocycles. The average molecular weight is 745 g/mol. The molecular formula is C34H30ClF5N8O2S. The van der Waals surface area contributed by atoms with E-state index in [9.17, 15) is 22.8 Å². The molecule has 5 aromatic rings. The lowest BCUT2D eigenvalue weighted by molar-refractivity contribution is 0.120. The van der Waals surface area contributed by atoms with Gasteiger partial charge in [-0.2, -0.15) is 24.0 Å². The van der Waals surface area contributed by atoms with Crippen LogP contribution in [0.1, 0.15) is 30.4 Å². The van der Waals surface area contributed by atoms with Crippen LogP contribution in [0.25, 0.3) is 32.1 Å². The molecule has 8 rings (SSSR count). The van der Waals surface area contributed by atoms with Crippen LogP contribution < -0.4 is 25.8 Å². The van der Waals surface area contributed by atoms with Crippen molar-refractivity contribution >= 4 is 60.6 Å². The summed E-state index contributed by atoms with van der Waals surface area (Å²) in [5, 5.41) is 9.32. The molecule has 6 heterocycles. The molecule has 0 spiro atoms. The number of aromatic nitrogens is 3. The van der Waals surface area contributed by atoms with E-state index in [1.807, 2.05) is 6.07 Å². The molecule has 51 heavy (non-hydrogen) atoms. The zero-order chi connectivity index (χ0) is 36.1. The second kappa shape index (κ2) is 13.8. The first-order valence-electron chi connectivity index (χ1n) is 16.0. The van der Waals surface area contributed by atoms with E-state index in [1.54, 1.807) is 12.1 Å². The number of nitrogens with zero attached hydrogens (tertiary/aromatic N) is 6. The van der Waals surface area contributed by atoms with Gasteiger partial charge in [0.1, 0.15) is 41.0 Å². The van der Waals surface area contributed by atoms with E-state index in [4.69, 9.17) is 32.5 Å². The Hall–Kier alpha value is -4.72. The van der Waals surface area contributed by atoms with Crippen molar-refractivity contribution in [2.45, 2.75) is 50.5 Å². The molecule has 17 heteroatoms. The number of nitrogens with two attached hydrogens (primary N) is 2. The lowest BCUT2D eigenvalue weighted by atomic mass is 9.96. The molecule has 2 saturated heterocycles. The number of alkyl halides is 3. The number of anilines is 3. The highest BCUT2D eigenvalue weighted by Gasteiger charge is 2.38. The Labute approximate surface area is 297 Å². The number of fused-ring (bicyclic) bond motifs is 2. The average Bonchev–Trinajstić information content (AvgIpc) is 3.75. The van der Waals surface area contributed by atoms with Crippen LogP contribution in [-0.4, -0.2) is 71.5 Å². The quantitative estimate of drug-likeness (QED) is 0.141. The first-order valence-corrected chi connectivity index (χ1v) is 17.2. The number of thiophene rings is 1. The Kier molecular flexibility index (Phi) is 9.38. The summed E-state index contributed by atoms with van der Waals surface area (Å²) < 4.78 is 84.7. The highest BCUT2D eigenvalue weighted by molar-refractivity contribution is 7.23. The van der Waals surface area contributed by atoms with Gasteiger partial charge in [0.05, 0.1) is 33.8 Å². The summed E-state index contributed by atoms with van der Waals surface area (Å²) >= 11 is 7.62. The monoisotopic (exact) mass is 744 g/mol. The first kappa shape index (κ1) is 34.7. The summed E-state index contributed by atoms with van der Waals surface area (Å²) in [5.74, 6) is -2.04. The zero-order valence-electron chi connectivity index (χ0n) is 27.0. The summed E-state index contributed by atoms with van der Waals surface area (Å²) in [5.41, 5.74) is 11.6. The maximum absolute atomic E-state index is 16.6. The van der Waals surface area contributed by atoms with Gasteiger partial charge in [-0.15, -0.1) is 11.3 Å². The highest BCUT2D eigenvalue weighted by atomic mass is 35.5. The molecule has 0 aliphatic carbocycles. The van der Waals surface area contributed by atoms with Crippen LogP contribution in [0.15, 0.2) is 30.5 Å². The highest BCUT2D eigenvalue weighted by Crippen LogP contribution is 2.51. The largest absolute Gasteiger partial charge is 0.489 e. The third-order valence-electron chi connectivity index (χ3n) is 9.37. The van der Waals surface area contributed by atoms with E-state index in [2.05, 4.69) is 19.9 Å². The normalized spacial score (nSPS) is 19.8. The maximum atomic E-state index is 16.6. The van der Waals surface area contributed by atoms with Crippen LogP contribution in [0, 0.1) is 23.0 Å². The molecule has 3 unspecified atom stereocenters. The lowest BCUT2D eigenvalue weighted by Gasteiger charge is -2.30. The third kappa shape index (κ3) is 6.17. The molecule has 266 valence electrons. The second-order valence-corrected chi connectivity index (χ2v) is 13.8. The number of methoxy groups -OCH3 is 1. The Morgan fingerprint density at radius 3 is 2.71 bits per heavy atom. The van der Waals surface area contributed by atoms with E-state index in [-0.39, 0.29) is 72.6 Å². The van der Waals surface area contributed by atoms with Gasteiger partial charge in [-0.05, 0) is 61.6 Å². The zero-order valence-corrected chi connectivity index (χ0v) is 28.5. The number of rotatable bonds is 5. The summed E-state index contributed by atoms with van der Waals surface area (Å²) in [6.45, 7) is -1.56. The molecule has 10 nitrogen and oxygen atoms in total. The molecule has 3 aromatic heterocycles. The van der Waals surface area contributed by atoms with E-state index >= 15 is 4.39 Å². The Morgan fingerprint density at radius 1 is 1.20 bits per heavy atom. The van der Waals surface area contributed by atoms with Crippen molar-refractivity contribution in [1.82, 2.24) is 19.9 Å². The minimum absolute atomic E-state index is 0.0189. The van der Waals surface area contributed by atoms with E-state index in [1.165, 1.54) is 32.2 Å². The first-order chi connectivity index (χ1) is 24.5. The molecule has 3 atom stereocenters. The van der Waals surface area contributed by atoms with Gasteiger partial charge >= 0.3 is 12.6 Å². The number of nitrogen functional groups attached to an aromatic ring is 2. The predicted octanol–water partition coefficient (Wildman–Crippen LogP) is 7.11. The summed E-state index contributed by atoms with van der Waals surface area (Å²) in [7, 11) is 1.21. The predicted molar refractivity (Wildman–Crippen MR) is 185 cm³/mol. The molecule has 2 fully saturated rings. The molecule has 2 aromatic carbocycles. The van der Waals surface area contributed by atoms with Gasteiger partial charge in [0.25, 0.3) is 0 Å². The molecular weight excluding hydrogens is 715 g/mol. The van der Waals surface area contributed by atoms with Crippen LogP contribution in [0.3, 0.4) is 0 Å². The fraction of sp³-hybridized carbons (Fsp3) is 0.353. The minimum atomic E-state index is -3.10. The number of ether oxygens (including phenoxy) is 2. The van der Waals surface area contributed by atoms with Gasteiger partial charge in [0.2, 0.25) is 0 Å². The van der Waals surface area contributed by atoms with Crippen LogP contribution in [0.4, 0.5) is 38.6 Å². The second-order valence-electron chi connectivity index (χ2n) is 12.4. The number of hydrogen-bond acceptors (Lipinski definition) is 11. The summed E-state index contributed by atoms with van der Waals surface area (Å²) in [6.07, 6.45) is 4.29. The smallest absolute Gasteiger partial charge is 0.318 e. The lowest BCUT2D eigenvalue weighted by Crippen LogP contribution is -2.44. The van der Waals surface area contributed by atoms with Gasteiger partial charge in [-0.1, -0.05) is 17.7 Å². The molecule has 0 bridgehead atoms. The van der Waals surface area contributed by atoms with Crippen LogP contribution >= 0.6 is 22.9 Å². The van der Waals surface area contributed by atoms with Gasteiger partial charge < -0.3 is 20.9 Å². The summed E-state index contributed by atoms with van der Waals surface area (Å²) in [4.78, 5) is 15.2. The van der Waals surface area contributed by atoms with E-state index < -0.39 is 41.9 Å². The topological polar surface area (TPSA) is 139 Å². The molecule has 0 amide bonds. The fourth-order valence-corrected chi connectivity index (χ4v) is 8.44. The number of benzene rings is 2. The molecule has 4 N–H and O–H groups in total. The van der Waals surface area contributed by atoms with Crippen molar-refractivity contribution in [3.8, 4) is 29.0 Å². The number of nitriles is 1.